The number of hydrogen-bond acceptors (Lipinski definition) is 8. The molecule has 1 fully saturated rings. The molecule has 2 N–H and O–H groups in total. The first kappa shape index (κ1) is 30.9. The fraction of sp³-hybridized carbons (Fsp3) is 0.257. The Bertz CT molecular complexity index is 1690. The smallest absolute Gasteiger partial charge is 0.273 e. The Morgan fingerprint density at radius 2 is 1.62 bits per heavy atom. The number of carbonyl (C=O) groups excluding carboxylic acids is 1. The lowest BCUT2D eigenvalue weighted by Gasteiger charge is -2.41. The molecule has 0 bridgehead atoms. The van der Waals surface area contributed by atoms with Crippen LogP contribution in [0.5, 0.6) is 0 Å². The fourth-order valence-corrected chi connectivity index (χ4v) is 7.65. The van der Waals surface area contributed by atoms with Gasteiger partial charge in [0.15, 0.2) is 16.6 Å². The third kappa shape index (κ3) is 7.41. The van der Waals surface area contributed by atoms with E-state index in [-0.39, 0.29) is 5.69 Å². The Kier molecular flexibility index (Phi) is 9.83. The normalized spacial score (nSPS) is 13.8. The number of benzene rings is 2. The molecule has 0 radical (unpaired) electrons. The Hall–Kier alpha value is -4.12. The number of likely N-dealkylation sites (tertiary alicyclic amines) is 1. The van der Waals surface area contributed by atoms with Gasteiger partial charge in [-0.25, -0.2) is 19.3 Å². The predicted octanol–water partition coefficient (Wildman–Crippen LogP) is 7.48. The highest BCUT2D eigenvalue weighted by atomic mass is 32.2. The van der Waals surface area contributed by atoms with Crippen LogP contribution in [0.25, 0.3) is 0 Å². The number of halogens is 1. The summed E-state index contributed by atoms with van der Waals surface area (Å²) in [5.74, 6) is -0.497. The quantitative estimate of drug-likeness (QED) is 0.155. The van der Waals surface area contributed by atoms with Crippen molar-refractivity contribution in [3.63, 3.8) is 0 Å². The molecule has 45 heavy (non-hydrogen) atoms. The summed E-state index contributed by atoms with van der Waals surface area (Å²) in [6.45, 7) is 5.06. The molecule has 1 aliphatic heterocycles. The van der Waals surface area contributed by atoms with Crippen molar-refractivity contribution in [3.05, 3.63) is 126 Å². The van der Waals surface area contributed by atoms with E-state index in [0.717, 1.165) is 53.4 Å². The minimum atomic E-state index is -0.649. The first-order valence-corrected chi connectivity index (χ1v) is 16.7. The molecule has 6 rings (SSSR count). The summed E-state index contributed by atoms with van der Waals surface area (Å²) in [4.78, 5) is 29.3. The van der Waals surface area contributed by atoms with Gasteiger partial charge in [0.25, 0.3) is 5.91 Å². The standard InChI is InChI=1S/C35H35FN6OS2/c1-25-15-17-37-29(21-25)41-34-39-22-30(45-34)44-28-16-18-38-32(31(28)36)33(43)40-23-35(26-11-5-2-6-12-26,27-13-7-3-8-14-27)24-42-19-9-4-10-20-42/h2-3,5-8,11-18,21-22H,4,9-10,19-20,23-24H2,1H3,(H,40,43)(H,37,39,41). The SMILES string of the molecule is Cc1ccnc(Nc2ncc(Sc3ccnc(C(=O)NCC(CN4CCCCC4)(c4ccccc4)c4ccccc4)c3F)s2)c1. The number of nitrogens with zero attached hydrogens (tertiary/aromatic N) is 4. The number of hydrogen-bond donors (Lipinski definition) is 2. The Balaban J connectivity index is 1.22. The van der Waals surface area contributed by atoms with Crippen LogP contribution in [0.2, 0.25) is 0 Å². The van der Waals surface area contributed by atoms with E-state index in [4.69, 9.17) is 0 Å². The molecule has 5 aromatic rings. The zero-order chi connectivity index (χ0) is 31.1. The molecular weight excluding hydrogens is 604 g/mol. The summed E-state index contributed by atoms with van der Waals surface area (Å²) < 4.78 is 16.6. The van der Waals surface area contributed by atoms with Crippen molar-refractivity contribution in [2.75, 3.05) is 31.5 Å². The van der Waals surface area contributed by atoms with Crippen LogP contribution in [0, 0.1) is 12.7 Å². The van der Waals surface area contributed by atoms with Crippen molar-refractivity contribution in [3.8, 4) is 0 Å². The maximum Gasteiger partial charge on any atom is 0.273 e. The van der Waals surface area contributed by atoms with Gasteiger partial charge in [0.1, 0.15) is 5.82 Å². The molecule has 0 aliphatic carbocycles. The summed E-state index contributed by atoms with van der Waals surface area (Å²) in [7, 11) is 0. The number of pyridine rings is 2. The summed E-state index contributed by atoms with van der Waals surface area (Å²) >= 11 is 2.60. The van der Waals surface area contributed by atoms with Gasteiger partial charge in [0.05, 0.1) is 20.7 Å². The fourth-order valence-electron chi connectivity index (χ4n) is 5.79. The molecule has 0 spiro atoms. The number of aryl methyl sites for hydroxylation is 1. The summed E-state index contributed by atoms with van der Waals surface area (Å²) in [6, 6.07) is 26.0. The number of piperidine rings is 1. The van der Waals surface area contributed by atoms with Gasteiger partial charge < -0.3 is 15.5 Å². The molecule has 0 atom stereocenters. The Morgan fingerprint density at radius 1 is 0.933 bits per heavy atom. The molecule has 4 heterocycles. The van der Waals surface area contributed by atoms with Crippen LogP contribution in [0.1, 0.15) is 46.4 Å². The van der Waals surface area contributed by atoms with Crippen LogP contribution in [0.4, 0.5) is 15.3 Å². The van der Waals surface area contributed by atoms with Gasteiger partial charge in [-0.3, -0.25) is 4.79 Å². The number of nitrogens with one attached hydrogen (secondary N) is 2. The predicted molar refractivity (Wildman–Crippen MR) is 179 cm³/mol. The van der Waals surface area contributed by atoms with Gasteiger partial charge in [-0.1, -0.05) is 90.2 Å². The molecular formula is C35H35FN6OS2. The van der Waals surface area contributed by atoms with E-state index >= 15 is 4.39 Å². The third-order valence-corrected chi connectivity index (χ3v) is 10.1. The van der Waals surface area contributed by atoms with Gasteiger partial charge in [-0.15, -0.1) is 0 Å². The highest BCUT2D eigenvalue weighted by Gasteiger charge is 2.37. The molecule has 1 saturated heterocycles. The Labute approximate surface area is 271 Å². The first-order chi connectivity index (χ1) is 22.0. The zero-order valence-electron chi connectivity index (χ0n) is 25.1. The van der Waals surface area contributed by atoms with Crippen molar-refractivity contribution in [1.82, 2.24) is 25.2 Å². The minimum absolute atomic E-state index is 0.222. The van der Waals surface area contributed by atoms with Crippen LogP contribution < -0.4 is 10.6 Å². The van der Waals surface area contributed by atoms with E-state index in [9.17, 15) is 4.79 Å². The van der Waals surface area contributed by atoms with E-state index in [1.165, 1.54) is 35.7 Å². The first-order valence-electron chi connectivity index (χ1n) is 15.1. The van der Waals surface area contributed by atoms with Crippen molar-refractivity contribution < 1.29 is 9.18 Å². The van der Waals surface area contributed by atoms with E-state index in [2.05, 4.69) is 54.8 Å². The molecule has 10 heteroatoms. The Morgan fingerprint density at radius 3 is 2.31 bits per heavy atom. The average molecular weight is 639 g/mol. The van der Waals surface area contributed by atoms with E-state index in [1.54, 1.807) is 18.5 Å². The van der Waals surface area contributed by atoms with Gasteiger partial charge in [-0.05, 0) is 67.7 Å². The average Bonchev–Trinajstić information content (AvgIpc) is 3.51. The van der Waals surface area contributed by atoms with Gasteiger partial charge >= 0.3 is 0 Å². The molecule has 230 valence electrons. The van der Waals surface area contributed by atoms with Crippen LogP contribution in [-0.4, -0.2) is 51.9 Å². The molecule has 7 nitrogen and oxygen atoms in total. The van der Waals surface area contributed by atoms with Crippen molar-refractivity contribution in [2.45, 2.75) is 40.7 Å². The number of rotatable bonds is 11. The summed E-state index contributed by atoms with van der Waals surface area (Å²) in [6.07, 6.45) is 8.45. The molecule has 2 aromatic carbocycles. The maximum atomic E-state index is 15.9. The van der Waals surface area contributed by atoms with Gasteiger partial charge in [-0.2, -0.15) is 0 Å². The molecule has 1 aliphatic rings. The largest absolute Gasteiger partial charge is 0.349 e. The second-order valence-corrected chi connectivity index (χ2v) is 13.6. The highest BCUT2D eigenvalue weighted by molar-refractivity contribution is 8.01. The second kappa shape index (κ2) is 14.3. The lowest BCUT2D eigenvalue weighted by Crippen LogP contribution is -2.50. The van der Waals surface area contributed by atoms with Crippen molar-refractivity contribution >= 4 is 40.0 Å². The number of thiazole rings is 1. The van der Waals surface area contributed by atoms with Crippen molar-refractivity contribution in [2.24, 2.45) is 0 Å². The van der Waals surface area contributed by atoms with Crippen LogP contribution >= 0.6 is 23.1 Å². The third-order valence-electron chi connectivity index (χ3n) is 8.06. The van der Waals surface area contributed by atoms with Crippen LogP contribution in [0.15, 0.2) is 107 Å². The molecule has 3 aromatic heterocycles. The summed E-state index contributed by atoms with van der Waals surface area (Å²) in [5.41, 5.74) is 2.54. The van der Waals surface area contributed by atoms with E-state index in [1.807, 2.05) is 55.5 Å². The van der Waals surface area contributed by atoms with E-state index in [0.29, 0.717) is 22.4 Å². The summed E-state index contributed by atoms with van der Waals surface area (Å²) in [5, 5.41) is 6.93. The van der Waals surface area contributed by atoms with Crippen LogP contribution in [-0.2, 0) is 5.41 Å². The molecule has 1 amide bonds. The number of aromatic nitrogens is 3. The topological polar surface area (TPSA) is 83.0 Å². The molecule has 0 unspecified atom stereocenters. The number of anilines is 2. The number of amides is 1. The van der Waals surface area contributed by atoms with Crippen LogP contribution in [0.3, 0.4) is 0 Å². The maximum absolute atomic E-state index is 15.9. The lowest BCUT2D eigenvalue weighted by molar-refractivity contribution is 0.0928. The van der Waals surface area contributed by atoms with Crippen molar-refractivity contribution in [1.29, 1.82) is 0 Å². The van der Waals surface area contributed by atoms with Gasteiger partial charge in [0.2, 0.25) is 0 Å². The second-order valence-electron chi connectivity index (χ2n) is 11.2. The van der Waals surface area contributed by atoms with Gasteiger partial charge in [0, 0.05) is 25.5 Å². The monoisotopic (exact) mass is 638 g/mol. The number of carbonyl (C=O) groups is 1. The van der Waals surface area contributed by atoms with E-state index < -0.39 is 17.1 Å². The highest BCUT2D eigenvalue weighted by Crippen LogP contribution is 2.37. The lowest BCUT2D eigenvalue weighted by atomic mass is 9.73. The zero-order valence-corrected chi connectivity index (χ0v) is 26.7. The minimum Gasteiger partial charge on any atom is -0.349 e. The molecule has 0 saturated carbocycles.